The predicted octanol–water partition coefficient (Wildman–Crippen LogP) is 3.48. The fourth-order valence-electron chi connectivity index (χ4n) is 1.79. The molecule has 82 valence electrons. The average Bonchev–Trinajstić information content (AvgIpc) is 2.99. The highest BCUT2D eigenvalue weighted by Gasteiger charge is 2.27. The fraction of sp³-hybridized carbons (Fsp3) is 0.538. The van der Waals surface area contributed by atoms with Crippen LogP contribution in [0.5, 0.6) is 0 Å². The van der Waals surface area contributed by atoms with Gasteiger partial charge in [0.25, 0.3) is 0 Å². The Kier molecular flexibility index (Phi) is 3.17. The van der Waals surface area contributed by atoms with E-state index < -0.39 is 0 Å². The van der Waals surface area contributed by atoms with E-state index in [4.69, 9.17) is 0 Å². The summed E-state index contributed by atoms with van der Waals surface area (Å²) < 4.78 is 1.22. The van der Waals surface area contributed by atoms with E-state index in [0.29, 0.717) is 0 Å². The molecule has 1 saturated carbocycles. The van der Waals surface area contributed by atoms with Crippen LogP contribution in [-0.2, 0) is 5.41 Å². The lowest BCUT2D eigenvalue weighted by Gasteiger charge is -2.27. The Bertz CT molecular complexity index is 342. The molecule has 1 aliphatic rings. The summed E-state index contributed by atoms with van der Waals surface area (Å²) in [6.45, 7) is 5.64. The zero-order valence-corrected chi connectivity index (χ0v) is 11.0. The maximum absolute atomic E-state index is 3.63. The molecule has 0 bridgehead atoms. The van der Waals surface area contributed by atoms with Gasteiger partial charge in [-0.1, -0.05) is 48.0 Å². The smallest absolute Gasteiger partial charge is 0.0213 e. The Morgan fingerprint density at radius 2 is 2.00 bits per heavy atom. The number of benzene rings is 1. The molecule has 1 aliphatic carbocycles. The van der Waals surface area contributed by atoms with E-state index in [9.17, 15) is 0 Å². The van der Waals surface area contributed by atoms with Crippen LogP contribution in [0.1, 0.15) is 32.3 Å². The molecular formula is C13H18BrN. The van der Waals surface area contributed by atoms with Crippen molar-refractivity contribution in [2.24, 2.45) is 0 Å². The Labute approximate surface area is 100 Å². The van der Waals surface area contributed by atoms with Crippen molar-refractivity contribution < 1.29 is 0 Å². The van der Waals surface area contributed by atoms with Crippen molar-refractivity contribution in [2.75, 3.05) is 6.54 Å². The van der Waals surface area contributed by atoms with Crippen molar-refractivity contribution in [3.8, 4) is 0 Å². The number of halogens is 1. The predicted molar refractivity (Wildman–Crippen MR) is 68.2 cm³/mol. The third kappa shape index (κ3) is 2.82. The molecule has 2 heteroatoms. The first-order valence-electron chi connectivity index (χ1n) is 5.58. The Balaban J connectivity index is 2.08. The van der Waals surface area contributed by atoms with Gasteiger partial charge in [-0.15, -0.1) is 0 Å². The second-order valence-electron chi connectivity index (χ2n) is 5.02. The van der Waals surface area contributed by atoms with Crippen LogP contribution in [0.15, 0.2) is 28.7 Å². The summed E-state index contributed by atoms with van der Waals surface area (Å²) in [5.41, 5.74) is 1.58. The van der Waals surface area contributed by atoms with Gasteiger partial charge in [0, 0.05) is 22.5 Å². The van der Waals surface area contributed by atoms with E-state index >= 15 is 0 Å². The van der Waals surface area contributed by atoms with E-state index in [2.05, 4.69) is 59.4 Å². The third-order valence-corrected chi connectivity index (χ3v) is 3.70. The van der Waals surface area contributed by atoms with E-state index in [1.165, 1.54) is 22.9 Å². The van der Waals surface area contributed by atoms with Gasteiger partial charge in [-0.3, -0.25) is 0 Å². The Morgan fingerprint density at radius 1 is 1.33 bits per heavy atom. The highest BCUT2D eigenvalue weighted by Crippen LogP contribution is 2.30. The molecule has 1 aromatic rings. The van der Waals surface area contributed by atoms with Gasteiger partial charge in [0.15, 0.2) is 0 Å². The maximum atomic E-state index is 3.63. The minimum atomic E-state index is 0.197. The van der Waals surface area contributed by atoms with Gasteiger partial charge in [-0.25, -0.2) is 0 Å². The molecule has 0 heterocycles. The van der Waals surface area contributed by atoms with E-state index in [1.54, 1.807) is 0 Å². The summed E-state index contributed by atoms with van der Waals surface area (Å²) >= 11 is 3.63. The number of hydrogen-bond acceptors (Lipinski definition) is 1. The lowest BCUT2D eigenvalue weighted by atomic mass is 9.84. The molecule has 0 aliphatic heterocycles. The van der Waals surface area contributed by atoms with Gasteiger partial charge in [0.2, 0.25) is 0 Å². The first-order chi connectivity index (χ1) is 7.09. The monoisotopic (exact) mass is 267 g/mol. The second kappa shape index (κ2) is 4.26. The fourth-order valence-corrected chi connectivity index (χ4v) is 2.61. The topological polar surface area (TPSA) is 12.0 Å². The summed E-state index contributed by atoms with van der Waals surface area (Å²) in [4.78, 5) is 0. The standard InChI is InChI=1S/C13H18BrN/c1-13(2,9-15-10-7-8-10)11-5-3-4-6-12(11)14/h3-6,10,15H,7-9H2,1-2H3. The quantitative estimate of drug-likeness (QED) is 0.881. The highest BCUT2D eigenvalue weighted by molar-refractivity contribution is 9.10. The van der Waals surface area contributed by atoms with Gasteiger partial charge in [-0.05, 0) is 24.5 Å². The zero-order valence-electron chi connectivity index (χ0n) is 9.39. The molecule has 1 fully saturated rings. The van der Waals surface area contributed by atoms with Crippen LogP contribution in [0.2, 0.25) is 0 Å². The molecule has 0 aromatic heterocycles. The molecule has 0 amide bonds. The summed E-state index contributed by atoms with van der Waals surface area (Å²) in [5, 5.41) is 3.60. The summed E-state index contributed by atoms with van der Waals surface area (Å²) in [6.07, 6.45) is 2.71. The lowest BCUT2D eigenvalue weighted by Crippen LogP contribution is -2.34. The van der Waals surface area contributed by atoms with Crippen molar-refractivity contribution in [3.63, 3.8) is 0 Å². The van der Waals surface area contributed by atoms with Gasteiger partial charge >= 0.3 is 0 Å². The number of nitrogens with one attached hydrogen (secondary N) is 1. The molecule has 0 saturated heterocycles. The van der Waals surface area contributed by atoms with Crippen molar-refractivity contribution >= 4 is 15.9 Å². The maximum Gasteiger partial charge on any atom is 0.0213 e. The summed E-state index contributed by atoms with van der Waals surface area (Å²) in [6, 6.07) is 9.29. The number of rotatable bonds is 4. The van der Waals surface area contributed by atoms with Crippen LogP contribution in [-0.4, -0.2) is 12.6 Å². The van der Waals surface area contributed by atoms with Gasteiger partial charge in [-0.2, -0.15) is 0 Å². The van der Waals surface area contributed by atoms with Crippen LogP contribution < -0.4 is 5.32 Å². The molecule has 2 rings (SSSR count). The van der Waals surface area contributed by atoms with Crippen molar-refractivity contribution in [1.29, 1.82) is 0 Å². The van der Waals surface area contributed by atoms with Crippen LogP contribution in [0, 0.1) is 0 Å². The van der Waals surface area contributed by atoms with Crippen LogP contribution in [0.3, 0.4) is 0 Å². The Hall–Kier alpha value is -0.340. The van der Waals surface area contributed by atoms with Crippen molar-refractivity contribution in [3.05, 3.63) is 34.3 Å². The summed E-state index contributed by atoms with van der Waals surface area (Å²) in [5.74, 6) is 0. The highest BCUT2D eigenvalue weighted by atomic mass is 79.9. The Morgan fingerprint density at radius 3 is 2.60 bits per heavy atom. The minimum Gasteiger partial charge on any atom is -0.313 e. The molecule has 0 radical (unpaired) electrons. The average molecular weight is 268 g/mol. The van der Waals surface area contributed by atoms with E-state index in [1.807, 2.05) is 0 Å². The molecule has 0 atom stereocenters. The normalized spacial score (nSPS) is 16.7. The SMILES string of the molecule is CC(C)(CNC1CC1)c1ccccc1Br. The molecule has 1 N–H and O–H groups in total. The van der Waals surface area contributed by atoms with Crippen LogP contribution >= 0.6 is 15.9 Å². The van der Waals surface area contributed by atoms with Gasteiger partial charge < -0.3 is 5.32 Å². The van der Waals surface area contributed by atoms with Gasteiger partial charge in [0.05, 0.1) is 0 Å². The lowest BCUT2D eigenvalue weighted by molar-refractivity contribution is 0.466. The van der Waals surface area contributed by atoms with E-state index in [0.717, 1.165) is 12.6 Å². The second-order valence-corrected chi connectivity index (χ2v) is 5.87. The molecule has 0 unspecified atom stereocenters. The number of hydrogen-bond donors (Lipinski definition) is 1. The first kappa shape index (κ1) is 11.2. The molecule has 1 aromatic carbocycles. The molecule has 1 nitrogen and oxygen atoms in total. The molecule has 0 spiro atoms. The zero-order chi connectivity index (χ0) is 10.9. The van der Waals surface area contributed by atoms with Crippen LogP contribution in [0.25, 0.3) is 0 Å². The van der Waals surface area contributed by atoms with Crippen molar-refractivity contribution in [2.45, 2.75) is 38.1 Å². The largest absolute Gasteiger partial charge is 0.313 e. The van der Waals surface area contributed by atoms with Crippen LogP contribution in [0.4, 0.5) is 0 Å². The minimum absolute atomic E-state index is 0.197. The third-order valence-electron chi connectivity index (χ3n) is 3.01. The van der Waals surface area contributed by atoms with E-state index in [-0.39, 0.29) is 5.41 Å². The van der Waals surface area contributed by atoms with Gasteiger partial charge in [0.1, 0.15) is 0 Å². The summed E-state index contributed by atoms with van der Waals surface area (Å²) in [7, 11) is 0. The first-order valence-corrected chi connectivity index (χ1v) is 6.37. The molecular weight excluding hydrogens is 250 g/mol. The van der Waals surface area contributed by atoms with Crippen molar-refractivity contribution in [1.82, 2.24) is 5.32 Å². The molecule has 15 heavy (non-hydrogen) atoms.